The van der Waals surface area contributed by atoms with E-state index in [1.165, 1.54) is 0 Å². The fraction of sp³-hybridized carbons (Fsp3) is 0.769. The minimum atomic E-state index is -3.34. The Morgan fingerprint density at radius 1 is 1.47 bits per heavy atom. The molecule has 0 bridgehead atoms. The van der Waals surface area contributed by atoms with Crippen molar-refractivity contribution < 1.29 is 13.5 Å². The van der Waals surface area contributed by atoms with Gasteiger partial charge in [0.1, 0.15) is 11.6 Å². The quantitative estimate of drug-likeness (QED) is 0.905. The smallest absolute Gasteiger partial charge is 0.160 e. The SMILES string of the molecule is CC1CCC(O)(CS(=O)(=O)Cc2nccn2C)CC1. The van der Waals surface area contributed by atoms with Gasteiger partial charge in [0, 0.05) is 19.4 Å². The average Bonchev–Trinajstić information content (AvgIpc) is 2.68. The Hall–Kier alpha value is -0.880. The number of aromatic nitrogens is 2. The summed E-state index contributed by atoms with van der Waals surface area (Å²) in [4.78, 5) is 4.03. The van der Waals surface area contributed by atoms with Gasteiger partial charge in [-0.15, -0.1) is 0 Å². The van der Waals surface area contributed by atoms with Crippen molar-refractivity contribution in [3.63, 3.8) is 0 Å². The Morgan fingerprint density at radius 2 is 2.11 bits per heavy atom. The highest BCUT2D eigenvalue weighted by Gasteiger charge is 2.36. The molecular formula is C13H22N2O3S. The molecule has 1 saturated carbocycles. The molecule has 1 aliphatic carbocycles. The van der Waals surface area contributed by atoms with Crippen molar-refractivity contribution in [2.24, 2.45) is 13.0 Å². The first-order chi connectivity index (χ1) is 8.80. The summed E-state index contributed by atoms with van der Waals surface area (Å²) in [6, 6.07) is 0. The molecule has 0 aromatic carbocycles. The Bertz CT molecular complexity index is 528. The number of aryl methyl sites for hydroxylation is 1. The first-order valence-electron chi connectivity index (χ1n) is 6.69. The molecule has 19 heavy (non-hydrogen) atoms. The van der Waals surface area contributed by atoms with E-state index in [4.69, 9.17) is 0 Å². The Balaban J connectivity index is 2.03. The fourth-order valence-electron chi connectivity index (χ4n) is 2.64. The highest BCUT2D eigenvalue weighted by atomic mass is 32.2. The van der Waals surface area contributed by atoms with Gasteiger partial charge in [0.15, 0.2) is 9.84 Å². The monoisotopic (exact) mass is 286 g/mol. The lowest BCUT2D eigenvalue weighted by Gasteiger charge is -2.34. The highest BCUT2D eigenvalue weighted by Crippen LogP contribution is 2.33. The highest BCUT2D eigenvalue weighted by molar-refractivity contribution is 7.90. The van der Waals surface area contributed by atoms with Crippen LogP contribution in [0.3, 0.4) is 0 Å². The molecular weight excluding hydrogens is 264 g/mol. The van der Waals surface area contributed by atoms with Gasteiger partial charge < -0.3 is 9.67 Å². The summed E-state index contributed by atoms with van der Waals surface area (Å²) in [5, 5.41) is 10.4. The van der Waals surface area contributed by atoms with Gasteiger partial charge in [-0.05, 0) is 31.6 Å². The van der Waals surface area contributed by atoms with E-state index in [1.54, 1.807) is 24.0 Å². The van der Waals surface area contributed by atoms with E-state index in [0.717, 1.165) is 12.8 Å². The van der Waals surface area contributed by atoms with Crippen LogP contribution in [0.25, 0.3) is 0 Å². The van der Waals surface area contributed by atoms with E-state index < -0.39 is 15.4 Å². The molecule has 0 amide bonds. The zero-order valence-corrected chi connectivity index (χ0v) is 12.4. The van der Waals surface area contributed by atoms with Crippen LogP contribution in [0, 0.1) is 5.92 Å². The minimum Gasteiger partial charge on any atom is -0.389 e. The fourth-order valence-corrected chi connectivity index (χ4v) is 4.52. The van der Waals surface area contributed by atoms with Crippen molar-refractivity contribution in [2.75, 3.05) is 5.75 Å². The van der Waals surface area contributed by atoms with Crippen LogP contribution < -0.4 is 0 Å². The third-order valence-corrected chi connectivity index (χ3v) is 5.64. The molecule has 0 atom stereocenters. The van der Waals surface area contributed by atoms with Crippen LogP contribution in [0.5, 0.6) is 0 Å². The van der Waals surface area contributed by atoms with E-state index in [0.29, 0.717) is 24.6 Å². The van der Waals surface area contributed by atoms with Gasteiger partial charge in [0.25, 0.3) is 0 Å². The maximum Gasteiger partial charge on any atom is 0.160 e. The van der Waals surface area contributed by atoms with Crippen molar-refractivity contribution in [3.05, 3.63) is 18.2 Å². The first kappa shape index (κ1) is 14.5. The van der Waals surface area contributed by atoms with Gasteiger partial charge in [-0.3, -0.25) is 0 Å². The number of rotatable bonds is 4. The van der Waals surface area contributed by atoms with Crippen molar-refractivity contribution in [1.82, 2.24) is 9.55 Å². The lowest BCUT2D eigenvalue weighted by atomic mass is 9.81. The molecule has 1 N–H and O–H groups in total. The summed E-state index contributed by atoms with van der Waals surface area (Å²) in [6.45, 7) is 2.14. The minimum absolute atomic E-state index is 0.103. The normalized spacial score (nSPS) is 28.5. The molecule has 1 aromatic heterocycles. The Kier molecular flexibility index (Phi) is 4.01. The molecule has 1 heterocycles. The standard InChI is InChI=1S/C13H22N2O3S/c1-11-3-5-13(16,6-4-11)10-19(17,18)9-12-14-7-8-15(12)2/h7-8,11,16H,3-6,9-10H2,1-2H3. The number of imidazole rings is 1. The number of nitrogens with zero attached hydrogens (tertiary/aromatic N) is 2. The van der Waals surface area contributed by atoms with Gasteiger partial charge in [0.05, 0.1) is 11.4 Å². The Labute approximate surface area is 114 Å². The zero-order valence-electron chi connectivity index (χ0n) is 11.5. The molecule has 0 saturated heterocycles. The molecule has 108 valence electrons. The maximum absolute atomic E-state index is 12.2. The summed E-state index contributed by atoms with van der Waals surface area (Å²) in [7, 11) is -1.56. The third kappa shape index (κ3) is 3.79. The van der Waals surface area contributed by atoms with Crippen LogP contribution in [0.2, 0.25) is 0 Å². The summed E-state index contributed by atoms with van der Waals surface area (Å²) < 4.78 is 26.1. The Morgan fingerprint density at radius 3 is 2.63 bits per heavy atom. The molecule has 0 aliphatic heterocycles. The van der Waals surface area contributed by atoms with Gasteiger partial charge in [-0.1, -0.05) is 6.92 Å². The molecule has 1 aliphatic rings. The van der Waals surface area contributed by atoms with Crippen LogP contribution >= 0.6 is 0 Å². The molecule has 0 unspecified atom stereocenters. The summed E-state index contributed by atoms with van der Waals surface area (Å²) in [5.74, 6) is 0.846. The molecule has 0 radical (unpaired) electrons. The van der Waals surface area contributed by atoms with E-state index in [2.05, 4.69) is 11.9 Å². The molecule has 1 fully saturated rings. The van der Waals surface area contributed by atoms with E-state index in [1.807, 2.05) is 0 Å². The molecule has 0 spiro atoms. The van der Waals surface area contributed by atoms with Crippen molar-refractivity contribution in [2.45, 2.75) is 44.0 Å². The van der Waals surface area contributed by atoms with Crippen LogP contribution in [0.15, 0.2) is 12.4 Å². The number of aliphatic hydroxyl groups is 1. The first-order valence-corrected chi connectivity index (χ1v) is 8.51. The van der Waals surface area contributed by atoms with Crippen molar-refractivity contribution >= 4 is 9.84 Å². The predicted molar refractivity (Wildman–Crippen MR) is 73.3 cm³/mol. The van der Waals surface area contributed by atoms with Crippen molar-refractivity contribution in [1.29, 1.82) is 0 Å². The second-order valence-corrected chi connectivity index (χ2v) is 7.96. The number of sulfone groups is 1. The van der Waals surface area contributed by atoms with E-state index >= 15 is 0 Å². The van der Waals surface area contributed by atoms with E-state index in [9.17, 15) is 13.5 Å². The molecule has 5 nitrogen and oxygen atoms in total. The molecule has 6 heteroatoms. The lowest BCUT2D eigenvalue weighted by Crippen LogP contribution is -2.41. The summed E-state index contributed by atoms with van der Waals surface area (Å²) >= 11 is 0. The van der Waals surface area contributed by atoms with Gasteiger partial charge in [-0.25, -0.2) is 13.4 Å². The number of hydrogen-bond donors (Lipinski definition) is 1. The van der Waals surface area contributed by atoms with Gasteiger partial charge in [-0.2, -0.15) is 0 Å². The second kappa shape index (κ2) is 5.25. The second-order valence-electron chi connectivity index (χ2n) is 5.89. The van der Waals surface area contributed by atoms with E-state index in [-0.39, 0.29) is 11.5 Å². The molecule has 1 aromatic rings. The zero-order chi connectivity index (χ0) is 14.1. The predicted octanol–water partition coefficient (Wildman–Crippen LogP) is 1.28. The van der Waals surface area contributed by atoms with Gasteiger partial charge in [0.2, 0.25) is 0 Å². The van der Waals surface area contributed by atoms with Crippen LogP contribution in [-0.2, 0) is 22.6 Å². The largest absolute Gasteiger partial charge is 0.389 e. The average molecular weight is 286 g/mol. The summed E-state index contributed by atoms with van der Waals surface area (Å²) in [5.41, 5.74) is -1.05. The van der Waals surface area contributed by atoms with Crippen LogP contribution in [0.1, 0.15) is 38.4 Å². The van der Waals surface area contributed by atoms with Gasteiger partial charge >= 0.3 is 0 Å². The number of hydrogen-bond acceptors (Lipinski definition) is 4. The topological polar surface area (TPSA) is 72.2 Å². The lowest BCUT2D eigenvalue weighted by molar-refractivity contribution is 0.0135. The van der Waals surface area contributed by atoms with Crippen LogP contribution in [-0.4, -0.2) is 34.4 Å². The summed E-state index contributed by atoms with van der Waals surface area (Å²) in [6.07, 6.45) is 6.26. The molecule has 2 rings (SSSR count). The maximum atomic E-state index is 12.2. The third-order valence-electron chi connectivity index (χ3n) is 3.96. The van der Waals surface area contributed by atoms with Crippen molar-refractivity contribution in [3.8, 4) is 0 Å². The van der Waals surface area contributed by atoms with Crippen LogP contribution in [0.4, 0.5) is 0 Å².